The molecule has 1 amide bonds. The molecule has 5 nitrogen and oxygen atoms in total. The number of carbonyl (C=O) groups is 1. The number of benzene rings is 1. The predicted molar refractivity (Wildman–Crippen MR) is 98.1 cm³/mol. The second-order valence-electron chi connectivity index (χ2n) is 6.98. The lowest BCUT2D eigenvalue weighted by Gasteiger charge is -2.39. The molecule has 5 heteroatoms. The van der Waals surface area contributed by atoms with Gasteiger partial charge in [0, 0.05) is 38.9 Å². The summed E-state index contributed by atoms with van der Waals surface area (Å²) in [6.45, 7) is 4.91. The van der Waals surface area contributed by atoms with E-state index in [-0.39, 0.29) is 11.4 Å². The summed E-state index contributed by atoms with van der Waals surface area (Å²) in [5, 5.41) is 3.04. The molecule has 130 valence electrons. The fraction of sp³-hybridized carbons (Fsp3) is 0.400. The molecule has 0 radical (unpaired) electrons. The molecule has 2 aromatic rings. The Bertz CT molecular complexity index is 707. The van der Waals surface area contributed by atoms with Gasteiger partial charge in [0.2, 0.25) is 5.91 Å². The van der Waals surface area contributed by atoms with Crippen molar-refractivity contribution in [2.45, 2.75) is 24.9 Å². The zero-order chi connectivity index (χ0) is 17.1. The summed E-state index contributed by atoms with van der Waals surface area (Å²) in [5.74, 6) is 0.122. The van der Waals surface area contributed by atoms with Crippen LogP contribution in [0.4, 0.5) is 5.69 Å². The molecule has 4 rings (SSSR count). The van der Waals surface area contributed by atoms with Crippen molar-refractivity contribution in [3.05, 3.63) is 60.4 Å². The van der Waals surface area contributed by atoms with E-state index < -0.39 is 0 Å². The van der Waals surface area contributed by atoms with E-state index in [0.717, 1.165) is 51.3 Å². The van der Waals surface area contributed by atoms with Gasteiger partial charge in [-0.25, -0.2) is 0 Å². The van der Waals surface area contributed by atoms with Gasteiger partial charge in [0.25, 0.3) is 0 Å². The molecule has 0 bridgehead atoms. The quantitative estimate of drug-likeness (QED) is 0.911. The summed E-state index contributed by atoms with van der Waals surface area (Å²) in [6.07, 6.45) is 5.33. The zero-order valence-electron chi connectivity index (χ0n) is 14.4. The number of pyridine rings is 1. The first-order chi connectivity index (χ1) is 12.3. The van der Waals surface area contributed by atoms with Crippen molar-refractivity contribution in [1.82, 2.24) is 14.8 Å². The molecule has 0 unspecified atom stereocenters. The number of piperazine rings is 1. The minimum atomic E-state index is -0.297. The summed E-state index contributed by atoms with van der Waals surface area (Å²) in [7, 11) is 0. The Morgan fingerprint density at radius 3 is 2.44 bits per heavy atom. The Morgan fingerprint density at radius 2 is 1.80 bits per heavy atom. The third-order valence-corrected chi connectivity index (χ3v) is 5.29. The lowest BCUT2D eigenvalue weighted by Crippen LogP contribution is -2.55. The van der Waals surface area contributed by atoms with Crippen LogP contribution in [0.15, 0.2) is 54.9 Å². The van der Waals surface area contributed by atoms with Crippen LogP contribution in [0.5, 0.6) is 0 Å². The lowest BCUT2D eigenvalue weighted by molar-refractivity contribution is -0.123. The number of amides is 1. The molecule has 1 aliphatic carbocycles. The highest BCUT2D eigenvalue weighted by Crippen LogP contribution is 2.43. The van der Waals surface area contributed by atoms with Crippen LogP contribution in [0.2, 0.25) is 0 Å². The molecule has 1 N–H and O–H groups in total. The minimum absolute atomic E-state index is 0.122. The van der Waals surface area contributed by atoms with Gasteiger partial charge < -0.3 is 5.32 Å². The van der Waals surface area contributed by atoms with Crippen molar-refractivity contribution in [1.29, 1.82) is 0 Å². The highest BCUT2D eigenvalue weighted by atomic mass is 16.2. The third kappa shape index (κ3) is 3.57. The van der Waals surface area contributed by atoms with Crippen molar-refractivity contribution in [3.63, 3.8) is 0 Å². The molecular formula is C20H24N4O. The molecular weight excluding hydrogens is 312 g/mol. The van der Waals surface area contributed by atoms with Crippen LogP contribution in [-0.2, 0) is 11.3 Å². The van der Waals surface area contributed by atoms with E-state index in [9.17, 15) is 4.79 Å². The molecule has 2 heterocycles. The smallest absolute Gasteiger partial charge is 0.244 e. The van der Waals surface area contributed by atoms with Crippen LogP contribution in [0.1, 0.15) is 18.4 Å². The first kappa shape index (κ1) is 16.2. The monoisotopic (exact) mass is 336 g/mol. The van der Waals surface area contributed by atoms with Crippen molar-refractivity contribution in [2.24, 2.45) is 0 Å². The maximum Gasteiger partial charge on any atom is 0.244 e. The molecule has 1 aromatic heterocycles. The van der Waals surface area contributed by atoms with Gasteiger partial charge in [-0.3, -0.25) is 19.6 Å². The average Bonchev–Trinajstić information content (AvgIpc) is 3.46. The summed E-state index contributed by atoms with van der Waals surface area (Å²) in [4.78, 5) is 21.7. The third-order valence-electron chi connectivity index (χ3n) is 5.29. The first-order valence-corrected chi connectivity index (χ1v) is 8.99. The van der Waals surface area contributed by atoms with Crippen LogP contribution in [0.3, 0.4) is 0 Å². The molecule has 1 saturated carbocycles. The SMILES string of the molecule is O=C(Nc1cccnc1)C1(N2CCN(Cc3ccccc3)CC2)CC1. The van der Waals surface area contributed by atoms with Gasteiger partial charge in [0.1, 0.15) is 5.54 Å². The molecule has 1 saturated heterocycles. The molecule has 1 aromatic carbocycles. The van der Waals surface area contributed by atoms with E-state index in [1.165, 1.54) is 5.56 Å². The van der Waals surface area contributed by atoms with Gasteiger partial charge in [0.05, 0.1) is 11.9 Å². The van der Waals surface area contributed by atoms with Gasteiger partial charge in [-0.1, -0.05) is 30.3 Å². The second kappa shape index (κ2) is 6.94. The summed E-state index contributed by atoms with van der Waals surface area (Å²) < 4.78 is 0. The van der Waals surface area contributed by atoms with Gasteiger partial charge in [0.15, 0.2) is 0 Å². The zero-order valence-corrected chi connectivity index (χ0v) is 14.4. The summed E-state index contributed by atoms with van der Waals surface area (Å²) in [5.41, 5.74) is 1.84. The van der Waals surface area contributed by atoms with Crippen molar-refractivity contribution in [3.8, 4) is 0 Å². The standard InChI is InChI=1S/C20H24N4O/c25-19(22-18-7-4-10-21-15-18)20(8-9-20)24-13-11-23(12-14-24)16-17-5-2-1-3-6-17/h1-7,10,15H,8-9,11-14,16H2,(H,22,25). The fourth-order valence-electron chi connectivity index (χ4n) is 3.67. The largest absolute Gasteiger partial charge is 0.323 e. The van der Waals surface area contributed by atoms with E-state index in [4.69, 9.17) is 0 Å². The number of nitrogens with one attached hydrogen (secondary N) is 1. The number of carbonyl (C=O) groups excluding carboxylic acids is 1. The predicted octanol–water partition coefficient (Wildman–Crippen LogP) is 2.37. The summed E-state index contributed by atoms with van der Waals surface area (Å²) in [6, 6.07) is 14.3. The Hall–Kier alpha value is -2.24. The molecule has 25 heavy (non-hydrogen) atoms. The Morgan fingerprint density at radius 1 is 1.04 bits per heavy atom. The van der Waals surface area contributed by atoms with E-state index in [0.29, 0.717) is 0 Å². The van der Waals surface area contributed by atoms with E-state index >= 15 is 0 Å². The lowest BCUT2D eigenvalue weighted by atomic mass is 10.1. The maximum absolute atomic E-state index is 12.8. The number of hydrogen-bond acceptors (Lipinski definition) is 4. The maximum atomic E-state index is 12.8. The van der Waals surface area contributed by atoms with Crippen molar-refractivity contribution >= 4 is 11.6 Å². The van der Waals surface area contributed by atoms with Crippen molar-refractivity contribution in [2.75, 3.05) is 31.5 Å². The van der Waals surface area contributed by atoms with Crippen LogP contribution in [-0.4, -0.2) is 52.4 Å². The van der Waals surface area contributed by atoms with Gasteiger partial charge >= 0.3 is 0 Å². The normalized spacial score (nSPS) is 20.2. The number of aromatic nitrogens is 1. The number of rotatable bonds is 5. The van der Waals surface area contributed by atoms with Crippen LogP contribution >= 0.6 is 0 Å². The second-order valence-corrected chi connectivity index (χ2v) is 6.98. The van der Waals surface area contributed by atoms with E-state index in [1.54, 1.807) is 12.4 Å². The summed E-state index contributed by atoms with van der Waals surface area (Å²) >= 11 is 0. The highest BCUT2D eigenvalue weighted by Gasteiger charge is 2.54. The Balaban J connectivity index is 1.33. The minimum Gasteiger partial charge on any atom is -0.323 e. The first-order valence-electron chi connectivity index (χ1n) is 8.99. The topological polar surface area (TPSA) is 48.5 Å². The van der Waals surface area contributed by atoms with Crippen LogP contribution in [0, 0.1) is 0 Å². The van der Waals surface area contributed by atoms with Gasteiger partial charge in [-0.2, -0.15) is 0 Å². The van der Waals surface area contributed by atoms with Crippen LogP contribution < -0.4 is 5.32 Å². The molecule has 2 fully saturated rings. The average molecular weight is 336 g/mol. The van der Waals surface area contributed by atoms with Crippen molar-refractivity contribution < 1.29 is 4.79 Å². The highest BCUT2D eigenvalue weighted by molar-refractivity contribution is 6.00. The molecule has 0 spiro atoms. The van der Waals surface area contributed by atoms with Gasteiger partial charge in [-0.15, -0.1) is 0 Å². The fourth-order valence-corrected chi connectivity index (χ4v) is 3.67. The molecule has 1 aliphatic heterocycles. The van der Waals surface area contributed by atoms with Crippen LogP contribution in [0.25, 0.3) is 0 Å². The Labute approximate surface area is 148 Å². The van der Waals surface area contributed by atoms with Gasteiger partial charge in [-0.05, 0) is 30.5 Å². The Kier molecular flexibility index (Phi) is 4.51. The van der Waals surface area contributed by atoms with E-state index in [1.807, 2.05) is 12.1 Å². The number of hydrogen-bond donors (Lipinski definition) is 1. The number of anilines is 1. The molecule has 0 atom stereocenters. The van der Waals surface area contributed by atoms with E-state index in [2.05, 4.69) is 50.4 Å². The molecule has 2 aliphatic rings. The number of nitrogens with zero attached hydrogens (tertiary/aromatic N) is 3.